The predicted molar refractivity (Wildman–Crippen MR) is 94.2 cm³/mol. The molecule has 1 aromatic carbocycles. The largest absolute Gasteiger partial charge is 1.00 e. The normalized spacial score (nSPS) is 13.1. The first kappa shape index (κ1) is 24.9. The van der Waals surface area contributed by atoms with Crippen LogP contribution in [0.25, 0.3) is 0 Å². The summed E-state index contributed by atoms with van der Waals surface area (Å²) in [6, 6.07) is 9.50. The van der Waals surface area contributed by atoms with Crippen molar-refractivity contribution < 1.29 is 52.0 Å². The van der Waals surface area contributed by atoms with Crippen molar-refractivity contribution >= 4 is 10.1 Å². The molecule has 1 rings (SSSR count). The van der Waals surface area contributed by atoms with Gasteiger partial charge in [0.25, 0.3) is 0 Å². The van der Waals surface area contributed by atoms with Crippen LogP contribution in [-0.4, -0.2) is 38.0 Å². The van der Waals surface area contributed by atoms with E-state index in [0.29, 0.717) is 0 Å². The second-order valence-electron chi connectivity index (χ2n) is 6.70. The molecule has 5 nitrogen and oxygen atoms in total. The Kier molecular flexibility index (Phi) is 12.3. The van der Waals surface area contributed by atoms with Gasteiger partial charge in [-0.1, -0.05) is 58.2 Å². The molecular weight excluding hydrogens is 351 g/mol. The summed E-state index contributed by atoms with van der Waals surface area (Å²) < 4.78 is 43.5. The van der Waals surface area contributed by atoms with Crippen molar-refractivity contribution in [1.29, 1.82) is 0 Å². The minimum Gasteiger partial charge on any atom is -0.748 e. The molecule has 0 spiro atoms. The molecule has 0 aliphatic rings. The van der Waals surface area contributed by atoms with Gasteiger partial charge in [0.05, 0.1) is 29.1 Å². The van der Waals surface area contributed by atoms with Gasteiger partial charge in [-0.05, 0) is 18.6 Å². The van der Waals surface area contributed by atoms with Crippen molar-refractivity contribution in [1.82, 2.24) is 0 Å². The van der Waals surface area contributed by atoms with Crippen LogP contribution in [0.15, 0.2) is 30.3 Å². The minimum atomic E-state index is -4.25. The topological polar surface area (TPSA) is 75.7 Å². The zero-order valence-electron chi connectivity index (χ0n) is 15.9. The molecule has 0 saturated heterocycles. The van der Waals surface area contributed by atoms with Gasteiger partial charge in [-0.2, -0.15) is 0 Å². The number of rotatable bonds is 12. The molecular formula is C18H29NaO5S. The maximum atomic E-state index is 10.7. The van der Waals surface area contributed by atoms with Crippen molar-refractivity contribution in [2.24, 2.45) is 5.41 Å². The Morgan fingerprint density at radius 2 is 1.80 bits per heavy atom. The quantitative estimate of drug-likeness (QED) is 0.302. The van der Waals surface area contributed by atoms with Gasteiger partial charge in [-0.15, -0.1) is 0 Å². The molecule has 25 heavy (non-hydrogen) atoms. The van der Waals surface area contributed by atoms with E-state index in [-0.39, 0.29) is 54.3 Å². The Hall–Kier alpha value is -0.110. The molecule has 1 unspecified atom stereocenters. The van der Waals surface area contributed by atoms with E-state index in [4.69, 9.17) is 9.47 Å². The summed E-state index contributed by atoms with van der Waals surface area (Å²) >= 11 is 0. The Bertz CT molecular complexity index is 560. The summed E-state index contributed by atoms with van der Waals surface area (Å²) in [5, 5.41) is 0. The molecule has 138 valence electrons. The van der Waals surface area contributed by atoms with Crippen molar-refractivity contribution in [2.45, 2.75) is 52.6 Å². The third-order valence-corrected chi connectivity index (χ3v) is 4.73. The fourth-order valence-corrected chi connectivity index (χ4v) is 2.75. The molecule has 1 aromatic rings. The number of para-hydroxylation sites is 1. The first-order chi connectivity index (χ1) is 11.2. The minimum absolute atomic E-state index is 0. The molecule has 1 atom stereocenters. The zero-order valence-corrected chi connectivity index (χ0v) is 18.7. The van der Waals surface area contributed by atoms with Crippen molar-refractivity contribution in [3.05, 3.63) is 30.3 Å². The number of hydrogen-bond acceptors (Lipinski definition) is 5. The molecule has 0 bridgehead atoms. The van der Waals surface area contributed by atoms with Gasteiger partial charge in [0.15, 0.2) is 0 Å². The maximum Gasteiger partial charge on any atom is 1.00 e. The van der Waals surface area contributed by atoms with Gasteiger partial charge in [0, 0.05) is 5.41 Å². The van der Waals surface area contributed by atoms with Crippen LogP contribution >= 0.6 is 0 Å². The predicted octanol–water partition coefficient (Wildman–Crippen LogP) is 0.606. The van der Waals surface area contributed by atoms with E-state index >= 15 is 0 Å². The molecule has 0 N–H and O–H groups in total. The summed E-state index contributed by atoms with van der Waals surface area (Å²) in [5.41, 5.74) is -0.124. The van der Waals surface area contributed by atoms with Crippen molar-refractivity contribution in [3.8, 4) is 5.75 Å². The summed E-state index contributed by atoms with van der Waals surface area (Å²) in [6.07, 6.45) is 4.19. The summed E-state index contributed by atoms with van der Waals surface area (Å²) in [4.78, 5) is 0. The van der Waals surface area contributed by atoms with Crippen LogP contribution in [0, 0.1) is 5.41 Å². The first-order valence-corrected chi connectivity index (χ1v) is 10.1. The number of benzene rings is 1. The zero-order chi connectivity index (χ0) is 18.1. The first-order valence-electron chi connectivity index (χ1n) is 8.47. The molecule has 0 amide bonds. The molecule has 7 heteroatoms. The maximum absolute atomic E-state index is 10.7. The molecule has 0 radical (unpaired) electrons. The molecule has 0 aliphatic carbocycles. The SMILES string of the molecule is CCCCCC(C)(C)C(COCCS(=O)(=O)[O-])Oc1ccccc1.[Na+]. The van der Waals surface area contributed by atoms with E-state index in [9.17, 15) is 13.0 Å². The van der Waals surface area contributed by atoms with Gasteiger partial charge in [-0.3, -0.25) is 0 Å². The second-order valence-corrected chi connectivity index (χ2v) is 8.23. The van der Waals surface area contributed by atoms with Crippen LogP contribution in [0.2, 0.25) is 0 Å². The Morgan fingerprint density at radius 3 is 2.36 bits per heavy atom. The van der Waals surface area contributed by atoms with Gasteiger partial charge < -0.3 is 14.0 Å². The van der Waals surface area contributed by atoms with E-state index in [2.05, 4.69) is 20.8 Å². The van der Waals surface area contributed by atoms with Gasteiger partial charge in [-0.25, -0.2) is 8.42 Å². The third kappa shape index (κ3) is 11.3. The fraction of sp³-hybridized carbons (Fsp3) is 0.667. The van der Waals surface area contributed by atoms with E-state index in [1.165, 1.54) is 0 Å². The van der Waals surface area contributed by atoms with Gasteiger partial charge in [0.2, 0.25) is 0 Å². The smallest absolute Gasteiger partial charge is 0.748 e. The van der Waals surface area contributed by atoms with Crippen LogP contribution in [-0.2, 0) is 14.9 Å². The van der Waals surface area contributed by atoms with Crippen molar-refractivity contribution in [2.75, 3.05) is 19.0 Å². The van der Waals surface area contributed by atoms with Crippen LogP contribution in [0.1, 0.15) is 46.5 Å². The number of unbranched alkanes of at least 4 members (excludes halogenated alkanes) is 2. The average Bonchev–Trinajstić information content (AvgIpc) is 2.50. The van der Waals surface area contributed by atoms with Crippen LogP contribution in [0.4, 0.5) is 0 Å². The van der Waals surface area contributed by atoms with Gasteiger partial charge >= 0.3 is 29.6 Å². The molecule has 0 aliphatic heterocycles. The van der Waals surface area contributed by atoms with E-state index in [0.717, 1.165) is 31.4 Å². The molecule has 0 heterocycles. The molecule has 0 saturated carbocycles. The second kappa shape index (κ2) is 12.3. The number of ether oxygens (including phenoxy) is 2. The third-order valence-electron chi connectivity index (χ3n) is 4.06. The molecule has 0 fully saturated rings. The van der Waals surface area contributed by atoms with E-state index < -0.39 is 15.9 Å². The van der Waals surface area contributed by atoms with Crippen LogP contribution in [0.3, 0.4) is 0 Å². The number of hydrogen-bond donors (Lipinski definition) is 0. The Morgan fingerprint density at radius 1 is 1.16 bits per heavy atom. The van der Waals surface area contributed by atoms with Crippen molar-refractivity contribution in [3.63, 3.8) is 0 Å². The summed E-state index contributed by atoms with van der Waals surface area (Å²) in [5.74, 6) is 0.243. The standard InChI is InChI=1S/C18H30O5S.Na/c1-4-5-9-12-18(2,3)17(15-22-13-14-24(19,20)21)23-16-10-7-6-8-11-16;/h6-8,10-11,17H,4-5,9,12-15H2,1-3H3,(H,19,20,21);/q;+1/p-1. The summed E-state index contributed by atoms with van der Waals surface area (Å²) in [6.45, 7) is 6.57. The Labute approximate surface area is 174 Å². The van der Waals surface area contributed by atoms with Gasteiger partial charge in [0.1, 0.15) is 11.9 Å². The van der Waals surface area contributed by atoms with E-state index in [1.54, 1.807) is 0 Å². The Balaban J connectivity index is 0.00000576. The average molecular weight is 380 g/mol. The monoisotopic (exact) mass is 380 g/mol. The van der Waals surface area contributed by atoms with Crippen LogP contribution in [0.5, 0.6) is 5.75 Å². The van der Waals surface area contributed by atoms with Crippen LogP contribution < -0.4 is 34.3 Å². The van der Waals surface area contributed by atoms with E-state index in [1.807, 2.05) is 30.3 Å². The fourth-order valence-electron chi connectivity index (χ4n) is 2.43. The molecule has 0 aromatic heterocycles. The summed E-state index contributed by atoms with van der Waals surface area (Å²) in [7, 11) is -4.25.